The monoisotopic (exact) mass is 532 g/mol. The summed E-state index contributed by atoms with van der Waals surface area (Å²) < 4.78 is 6.20. The molecular weight excluding hydrogens is 496 g/mol. The number of likely N-dealkylation sites (tertiary alicyclic amines) is 1. The summed E-state index contributed by atoms with van der Waals surface area (Å²) in [6.45, 7) is 1.39. The van der Waals surface area contributed by atoms with Crippen LogP contribution in [-0.2, 0) is 27.3 Å². The van der Waals surface area contributed by atoms with E-state index in [9.17, 15) is 19.2 Å². The zero-order valence-corrected chi connectivity index (χ0v) is 22.6. The minimum atomic E-state index is -0.644. The SMILES string of the molecule is CN(C)C(Cc1ccccc1)C(=O)N1CCCC[C@@H]1COc1ccc2c(c1)CN(C1CCC(=O)NC1=O)C2=O. The van der Waals surface area contributed by atoms with E-state index in [2.05, 4.69) is 17.4 Å². The second-order valence-corrected chi connectivity index (χ2v) is 10.9. The lowest BCUT2D eigenvalue weighted by atomic mass is 9.98. The molecule has 2 fully saturated rings. The number of imide groups is 1. The van der Waals surface area contributed by atoms with Crippen LogP contribution in [0.15, 0.2) is 48.5 Å². The third kappa shape index (κ3) is 5.83. The first-order valence-corrected chi connectivity index (χ1v) is 13.7. The smallest absolute Gasteiger partial charge is 0.255 e. The van der Waals surface area contributed by atoms with Gasteiger partial charge in [-0.2, -0.15) is 0 Å². The van der Waals surface area contributed by atoms with Crippen molar-refractivity contribution in [3.8, 4) is 5.75 Å². The molecule has 2 saturated heterocycles. The Bertz CT molecular complexity index is 1250. The summed E-state index contributed by atoms with van der Waals surface area (Å²) >= 11 is 0. The highest BCUT2D eigenvalue weighted by Crippen LogP contribution is 2.30. The van der Waals surface area contributed by atoms with Gasteiger partial charge in [0, 0.05) is 25.1 Å². The van der Waals surface area contributed by atoms with Crippen LogP contribution < -0.4 is 10.1 Å². The summed E-state index contributed by atoms with van der Waals surface area (Å²) in [4.78, 5) is 56.1. The minimum absolute atomic E-state index is 0.0284. The van der Waals surface area contributed by atoms with Crippen LogP contribution in [0.3, 0.4) is 0 Å². The number of nitrogens with one attached hydrogen (secondary N) is 1. The molecule has 3 aliphatic rings. The van der Waals surface area contributed by atoms with Crippen molar-refractivity contribution in [3.05, 3.63) is 65.2 Å². The number of fused-ring (bicyclic) bond motifs is 1. The molecule has 206 valence electrons. The fourth-order valence-electron chi connectivity index (χ4n) is 5.82. The molecule has 0 aliphatic carbocycles. The number of rotatable bonds is 8. The lowest BCUT2D eigenvalue weighted by Gasteiger charge is -2.39. The topological polar surface area (TPSA) is 99.3 Å². The molecule has 0 bridgehead atoms. The van der Waals surface area contributed by atoms with Gasteiger partial charge in [-0.05, 0) is 75.5 Å². The molecule has 9 nitrogen and oxygen atoms in total. The molecule has 2 unspecified atom stereocenters. The molecular formula is C30H36N4O5. The number of nitrogens with zero attached hydrogens (tertiary/aromatic N) is 3. The van der Waals surface area contributed by atoms with Gasteiger partial charge in [-0.15, -0.1) is 0 Å². The van der Waals surface area contributed by atoms with Crippen LogP contribution in [0.1, 0.15) is 53.6 Å². The highest BCUT2D eigenvalue weighted by Gasteiger charge is 2.39. The van der Waals surface area contributed by atoms with Crippen molar-refractivity contribution in [2.24, 2.45) is 0 Å². The number of carbonyl (C=O) groups excluding carboxylic acids is 4. The third-order valence-electron chi connectivity index (χ3n) is 8.03. The average Bonchev–Trinajstić information content (AvgIpc) is 3.26. The maximum atomic E-state index is 13.7. The normalized spacial score (nSPS) is 22.1. The summed E-state index contributed by atoms with van der Waals surface area (Å²) in [6.07, 6.45) is 4.11. The Labute approximate surface area is 229 Å². The number of piperidine rings is 2. The van der Waals surface area contributed by atoms with Gasteiger partial charge in [0.2, 0.25) is 17.7 Å². The van der Waals surface area contributed by atoms with Crippen LogP contribution in [-0.4, -0.2) is 83.7 Å². The van der Waals surface area contributed by atoms with Crippen molar-refractivity contribution in [2.45, 2.75) is 63.2 Å². The van der Waals surface area contributed by atoms with E-state index in [0.717, 1.165) is 30.4 Å². The zero-order chi connectivity index (χ0) is 27.5. The summed E-state index contributed by atoms with van der Waals surface area (Å²) in [5.74, 6) is -0.171. The van der Waals surface area contributed by atoms with E-state index in [0.29, 0.717) is 43.9 Å². The first-order chi connectivity index (χ1) is 18.8. The van der Waals surface area contributed by atoms with Crippen LogP contribution in [0, 0.1) is 0 Å². The van der Waals surface area contributed by atoms with Gasteiger partial charge < -0.3 is 14.5 Å². The Kier molecular flexibility index (Phi) is 7.97. The number of hydrogen-bond acceptors (Lipinski definition) is 6. The number of carbonyl (C=O) groups is 4. The van der Waals surface area contributed by atoms with E-state index in [-0.39, 0.29) is 36.2 Å². The van der Waals surface area contributed by atoms with E-state index in [1.54, 1.807) is 12.1 Å². The van der Waals surface area contributed by atoms with E-state index in [1.807, 2.05) is 48.2 Å². The maximum absolute atomic E-state index is 13.7. The Morgan fingerprint density at radius 2 is 1.87 bits per heavy atom. The zero-order valence-electron chi connectivity index (χ0n) is 22.6. The van der Waals surface area contributed by atoms with Crippen LogP contribution in [0.4, 0.5) is 0 Å². The molecule has 2 aromatic carbocycles. The fourth-order valence-corrected chi connectivity index (χ4v) is 5.82. The lowest BCUT2D eigenvalue weighted by Crippen LogP contribution is -2.54. The van der Waals surface area contributed by atoms with Gasteiger partial charge in [0.25, 0.3) is 5.91 Å². The first-order valence-electron chi connectivity index (χ1n) is 13.7. The van der Waals surface area contributed by atoms with Gasteiger partial charge in [0.1, 0.15) is 18.4 Å². The molecule has 4 amide bonds. The highest BCUT2D eigenvalue weighted by molar-refractivity contribution is 6.05. The molecule has 1 N–H and O–H groups in total. The van der Waals surface area contributed by atoms with Gasteiger partial charge >= 0.3 is 0 Å². The molecule has 3 atom stereocenters. The van der Waals surface area contributed by atoms with Crippen molar-refractivity contribution < 1.29 is 23.9 Å². The standard InChI is InChI=1S/C30H36N4O5/c1-32(2)26(16-20-8-4-3-5-9-20)30(38)33-15-7-6-10-22(33)19-39-23-11-12-24-21(17-23)18-34(29(24)37)25-13-14-27(35)31-28(25)36/h3-5,8-9,11-12,17,22,25-26H,6-7,10,13-16,18-19H2,1-2H3,(H,31,35,36)/t22-,25?,26?/m1/s1. The predicted octanol–water partition coefficient (Wildman–Crippen LogP) is 2.38. The number of ether oxygens (including phenoxy) is 1. The van der Waals surface area contributed by atoms with Crippen molar-refractivity contribution in [3.63, 3.8) is 0 Å². The molecule has 3 aliphatic heterocycles. The minimum Gasteiger partial charge on any atom is -0.491 e. The van der Waals surface area contributed by atoms with Gasteiger partial charge in [-0.3, -0.25) is 29.4 Å². The quantitative estimate of drug-likeness (QED) is 0.524. The number of amides is 4. The van der Waals surface area contributed by atoms with Crippen molar-refractivity contribution >= 4 is 23.6 Å². The fraction of sp³-hybridized carbons (Fsp3) is 0.467. The molecule has 9 heteroatoms. The highest BCUT2D eigenvalue weighted by atomic mass is 16.5. The molecule has 3 heterocycles. The first kappa shape index (κ1) is 26.9. The molecule has 0 radical (unpaired) electrons. The van der Waals surface area contributed by atoms with E-state index in [4.69, 9.17) is 4.74 Å². The summed E-state index contributed by atoms with van der Waals surface area (Å²) in [7, 11) is 3.90. The van der Waals surface area contributed by atoms with E-state index in [1.165, 1.54) is 4.90 Å². The largest absolute Gasteiger partial charge is 0.491 e. The van der Waals surface area contributed by atoms with Gasteiger partial charge in [-0.1, -0.05) is 30.3 Å². The summed E-state index contributed by atoms with van der Waals surface area (Å²) in [6, 6.07) is 14.5. The number of benzene rings is 2. The molecule has 0 aromatic heterocycles. The van der Waals surface area contributed by atoms with Crippen molar-refractivity contribution in [1.82, 2.24) is 20.0 Å². The second-order valence-electron chi connectivity index (χ2n) is 10.9. The van der Waals surface area contributed by atoms with Crippen LogP contribution in [0.5, 0.6) is 5.75 Å². The van der Waals surface area contributed by atoms with Crippen molar-refractivity contribution in [1.29, 1.82) is 0 Å². The van der Waals surface area contributed by atoms with E-state index >= 15 is 0 Å². The van der Waals surface area contributed by atoms with Crippen molar-refractivity contribution in [2.75, 3.05) is 27.2 Å². The summed E-state index contributed by atoms with van der Waals surface area (Å²) in [5, 5.41) is 2.33. The number of hydrogen-bond donors (Lipinski definition) is 1. The molecule has 2 aromatic rings. The Morgan fingerprint density at radius 3 is 2.62 bits per heavy atom. The lowest BCUT2D eigenvalue weighted by molar-refractivity contribution is -0.141. The van der Waals surface area contributed by atoms with Gasteiger partial charge in [0.15, 0.2) is 0 Å². The molecule has 5 rings (SSSR count). The van der Waals surface area contributed by atoms with Crippen LogP contribution in [0.2, 0.25) is 0 Å². The van der Waals surface area contributed by atoms with Crippen LogP contribution >= 0.6 is 0 Å². The van der Waals surface area contributed by atoms with E-state index < -0.39 is 11.9 Å². The predicted molar refractivity (Wildman–Crippen MR) is 145 cm³/mol. The average molecular weight is 533 g/mol. The number of likely N-dealkylation sites (N-methyl/N-ethyl adjacent to an activating group) is 1. The summed E-state index contributed by atoms with van der Waals surface area (Å²) in [5.41, 5.74) is 2.49. The Hall–Kier alpha value is -3.72. The molecule has 0 saturated carbocycles. The molecule has 39 heavy (non-hydrogen) atoms. The Morgan fingerprint density at radius 1 is 1.08 bits per heavy atom. The van der Waals surface area contributed by atoms with Gasteiger partial charge in [0.05, 0.1) is 12.1 Å². The molecule has 0 spiro atoms. The maximum Gasteiger partial charge on any atom is 0.255 e. The second kappa shape index (κ2) is 11.6. The third-order valence-corrected chi connectivity index (χ3v) is 8.03. The Balaban J connectivity index is 1.24. The van der Waals surface area contributed by atoms with Crippen LogP contribution in [0.25, 0.3) is 0 Å². The van der Waals surface area contributed by atoms with Gasteiger partial charge in [-0.25, -0.2) is 0 Å².